The number of aromatic nitrogens is 1. The van der Waals surface area contributed by atoms with Crippen LogP contribution >= 0.6 is 11.9 Å². The van der Waals surface area contributed by atoms with Gasteiger partial charge in [-0.2, -0.15) is 13.2 Å². The van der Waals surface area contributed by atoms with Crippen LogP contribution in [0, 0.1) is 5.92 Å². The van der Waals surface area contributed by atoms with Gasteiger partial charge in [0.2, 0.25) is 0 Å². The van der Waals surface area contributed by atoms with Crippen LogP contribution in [-0.2, 0) is 6.18 Å². The average molecular weight is 442 g/mol. The summed E-state index contributed by atoms with van der Waals surface area (Å²) in [6.07, 6.45) is 4.35. The molecule has 1 saturated carbocycles. The quantitative estimate of drug-likeness (QED) is 0.494. The van der Waals surface area contributed by atoms with E-state index in [1.54, 1.807) is 37.6 Å². The first-order chi connectivity index (χ1) is 14.0. The normalized spacial score (nSPS) is 19.7. The molecule has 0 amide bonds. The van der Waals surface area contributed by atoms with E-state index in [1.165, 1.54) is 36.3 Å². The summed E-state index contributed by atoms with van der Waals surface area (Å²) in [5.41, 5.74) is -0.0877. The van der Waals surface area contributed by atoms with Gasteiger partial charge in [0.1, 0.15) is 0 Å². The molecular weight excluding hydrogens is 407 g/mol. The van der Waals surface area contributed by atoms with Crippen LogP contribution in [0.5, 0.6) is 0 Å². The van der Waals surface area contributed by atoms with Crippen molar-refractivity contribution in [1.82, 2.24) is 9.29 Å². The van der Waals surface area contributed by atoms with Crippen molar-refractivity contribution in [2.45, 2.75) is 70.3 Å². The molecule has 0 bridgehead atoms. The Labute approximate surface area is 183 Å². The maximum atomic E-state index is 12.9. The molecule has 1 aromatic carbocycles. The fraction of sp³-hybridized carbons (Fsp3) is 0.565. The molecule has 7 heteroatoms. The van der Waals surface area contributed by atoms with Gasteiger partial charge in [-0.25, -0.2) is 0 Å². The lowest BCUT2D eigenvalue weighted by Crippen LogP contribution is -2.31. The van der Waals surface area contributed by atoms with Gasteiger partial charge in [-0.05, 0) is 82.7 Å². The van der Waals surface area contributed by atoms with E-state index >= 15 is 0 Å². The fourth-order valence-corrected chi connectivity index (χ4v) is 4.03. The van der Waals surface area contributed by atoms with E-state index in [4.69, 9.17) is 0 Å². The van der Waals surface area contributed by atoms with Crippen LogP contribution in [0.2, 0.25) is 0 Å². The van der Waals surface area contributed by atoms with Gasteiger partial charge in [0.25, 0.3) is 0 Å². The van der Waals surface area contributed by atoms with Crippen molar-refractivity contribution in [2.75, 3.05) is 12.4 Å². The summed E-state index contributed by atoms with van der Waals surface area (Å²) >= 11 is 1.89. The monoisotopic (exact) mass is 441 g/mol. The van der Waals surface area contributed by atoms with Gasteiger partial charge in [-0.3, -0.25) is 4.72 Å². The summed E-state index contributed by atoms with van der Waals surface area (Å²) in [5, 5.41) is 2.70. The molecule has 1 heterocycles. The maximum absolute atomic E-state index is 12.9. The Morgan fingerprint density at radius 1 is 1.00 bits per heavy atom. The molecule has 0 atom stereocenters. The summed E-state index contributed by atoms with van der Waals surface area (Å²) in [5.74, 6) is 0.956. The molecule has 0 aliphatic heterocycles. The van der Waals surface area contributed by atoms with Gasteiger partial charge in [-0.15, -0.1) is 0 Å². The van der Waals surface area contributed by atoms with Gasteiger partial charge in [0, 0.05) is 35.9 Å². The highest BCUT2D eigenvalue weighted by Gasteiger charge is 2.34. The minimum Gasteiger partial charge on any atom is -0.388 e. The summed E-state index contributed by atoms with van der Waals surface area (Å²) in [7, 11) is 1.59. The van der Waals surface area contributed by atoms with Gasteiger partial charge in [-0.1, -0.05) is 18.9 Å². The van der Waals surface area contributed by atoms with Crippen LogP contribution in [0.1, 0.15) is 58.9 Å². The minimum absolute atomic E-state index is 0.126. The van der Waals surface area contributed by atoms with Crippen LogP contribution < -0.4 is 10.0 Å². The van der Waals surface area contributed by atoms with E-state index in [9.17, 15) is 13.2 Å². The van der Waals surface area contributed by atoms with Crippen molar-refractivity contribution < 1.29 is 13.2 Å². The molecule has 2 N–H and O–H groups in total. The Bertz CT molecular complexity index is 759. The second-order valence-corrected chi connectivity index (χ2v) is 10.5. The van der Waals surface area contributed by atoms with E-state index in [0.29, 0.717) is 10.4 Å². The Hall–Kier alpha value is -1.60. The van der Waals surface area contributed by atoms with Crippen LogP contribution in [0.4, 0.5) is 18.9 Å². The molecule has 2 aromatic rings. The van der Waals surface area contributed by atoms with E-state index < -0.39 is 11.7 Å². The summed E-state index contributed by atoms with van der Waals surface area (Å²) in [6, 6.07) is 8.31. The highest BCUT2D eigenvalue weighted by Crippen LogP contribution is 2.35. The van der Waals surface area contributed by atoms with Crippen molar-refractivity contribution in [3.63, 3.8) is 0 Å². The second-order valence-electron chi connectivity index (χ2n) is 8.86. The largest absolute Gasteiger partial charge is 0.418 e. The third kappa shape index (κ3) is 7.91. The Kier molecular flexibility index (Phi) is 8.73. The lowest BCUT2D eigenvalue weighted by atomic mass is 9.88. The van der Waals surface area contributed by atoms with Gasteiger partial charge >= 0.3 is 6.18 Å². The highest BCUT2D eigenvalue weighted by atomic mass is 32.2. The first kappa shape index (κ1) is 24.7. The molecule has 168 valence electrons. The van der Waals surface area contributed by atoms with Crippen LogP contribution in [0.25, 0.3) is 5.69 Å². The predicted octanol–water partition coefficient (Wildman–Crippen LogP) is 7.14. The van der Waals surface area contributed by atoms with E-state index in [-0.39, 0.29) is 5.69 Å². The number of nitrogens with one attached hydrogen (secondary N) is 2. The number of alkyl halides is 3. The topological polar surface area (TPSA) is 29.0 Å². The lowest BCUT2D eigenvalue weighted by Gasteiger charge is -2.29. The summed E-state index contributed by atoms with van der Waals surface area (Å²) in [4.78, 5) is 0. The molecule has 1 aliphatic rings. The number of hydrogen-bond donors (Lipinski definition) is 2. The van der Waals surface area contributed by atoms with Crippen molar-refractivity contribution in [2.24, 2.45) is 5.92 Å². The number of rotatable bonds is 4. The van der Waals surface area contributed by atoms with Crippen molar-refractivity contribution in [3.05, 3.63) is 48.3 Å². The summed E-state index contributed by atoms with van der Waals surface area (Å²) < 4.78 is 44.1. The van der Waals surface area contributed by atoms with Crippen LogP contribution in [-0.4, -0.2) is 22.4 Å². The van der Waals surface area contributed by atoms with Crippen molar-refractivity contribution in [3.8, 4) is 5.69 Å². The fourth-order valence-electron chi connectivity index (χ4n) is 3.28. The Morgan fingerprint density at radius 3 is 2.10 bits per heavy atom. The molecule has 1 aromatic heterocycles. The number of nitrogens with zero attached hydrogens (tertiary/aromatic N) is 1. The second kappa shape index (κ2) is 10.6. The molecular formula is C23H34F3N3S. The third-order valence-corrected chi connectivity index (χ3v) is 6.08. The number of halogens is 3. The first-order valence-electron chi connectivity index (χ1n) is 10.5. The molecule has 1 fully saturated rings. The van der Waals surface area contributed by atoms with E-state index in [1.807, 2.05) is 11.9 Å². The third-order valence-electron chi connectivity index (χ3n) is 5.02. The number of benzene rings is 1. The van der Waals surface area contributed by atoms with Gasteiger partial charge in [0.15, 0.2) is 0 Å². The predicted molar refractivity (Wildman–Crippen MR) is 122 cm³/mol. The van der Waals surface area contributed by atoms with Gasteiger partial charge in [0.05, 0.1) is 11.3 Å². The number of hydrogen-bond acceptors (Lipinski definition) is 3. The lowest BCUT2D eigenvalue weighted by molar-refractivity contribution is -0.137. The SMILES string of the molecule is CC1CCC(NSC(C)(C)C)CC1.CNc1ccc(-n2cccc2)c(C(F)(F)F)c1. The van der Waals surface area contributed by atoms with Crippen molar-refractivity contribution in [1.29, 1.82) is 0 Å². The van der Waals surface area contributed by atoms with Gasteiger partial charge < -0.3 is 9.88 Å². The molecule has 3 nitrogen and oxygen atoms in total. The first-order valence-corrected chi connectivity index (χ1v) is 11.3. The average Bonchev–Trinajstić information content (AvgIpc) is 3.21. The van der Waals surface area contributed by atoms with E-state index in [2.05, 4.69) is 37.7 Å². The molecule has 0 saturated heterocycles. The molecule has 0 unspecified atom stereocenters. The zero-order valence-electron chi connectivity index (χ0n) is 18.5. The zero-order valence-corrected chi connectivity index (χ0v) is 19.3. The molecule has 3 rings (SSSR count). The molecule has 1 aliphatic carbocycles. The van der Waals surface area contributed by atoms with Crippen LogP contribution in [0.3, 0.4) is 0 Å². The van der Waals surface area contributed by atoms with Crippen molar-refractivity contribution >= 4 is 17.6 Å². The zero-order chi connectivity index (χ0) is 22.4. The molecule has 0 spiro atoms. The summed E-state index contributed by atoms with van der Waals surface area (Å²) in [6.45, 7) is 9.15. The highest BCUT2D eigenvalue weighted by molar-refractivity contribution is 7.98. The Morgan fingerprint density at radius 2 is 1.60 bits per heavy atom. The van der Waals surface area contributed by atoms with E-state index in [0.717, 1.165) is 18.0 Å². The Balaban J connectivity index is 0.000000222. The smallest absolute Gasteiger partial charge is 0.388 e. The minimum atomic E-state index is -4.37. The molecule has 30 heavy (non-hydrogen) atoms. The number of anilines is 1. The molecule has 0 radical (unpaired) electrons. The van der Waals surface area contributed by atoms with Crippen LogP contribution in [0.15, 0.2) is 42.7 Å². The standard InChI is InChI=1S/C12H11F3N2.C11H23NS/c1-16-9-4-5-11(17-6-2-3-7-17)10(8-9)12(13,14)15;1-9-5-7-10(8-6-9)12-13-11(2,3)4/h2-8,16H,1H3;9-10,12H,5-8H2,1-4H3. The maximum Gasteiger partial charge on any atom is 0.418 e.